The number of para-hydroxylation sites is 1. The van der Waals surface area contributed by atoms with Gasteiger partial charge in [-0.3, -0.25) is 4.79 Å². The van der Waals surface area contributed by atoms with Crippen LogP contribution in [0.3, 0.4) is 0 Å². The molecule has 168 valence electrons. The van der Waals surface area contributed by atoms with Crippen molar-refractivity contribution in [1.82, 2.24) is 9.29 Å². The van der Waals surface area contributed by atoms with Crippen molar-refractivity contribution in [3.63, 3.8) is 0 Å². The average molecular weight is 470 g/mol. The molecule has 2 aromatic carbocycles. The number of hydrogen-bond donors (Lipinski definition) is 0. The van der Waals surface area contributed by atoms with E-state index in [0.29, 0.717) is 37.4 Å². The maximum absolute atomic E-state index is 13.0. The maximum atomic E-state index is 13.0. The fourth-order valence-electron chi connectivity index (χ4n) is 4.60. The number of hydrogen-bond acceptors (Lipinski definition) is 5. The van der Waals surface area contributed by atoms with E-state index in [-0.39, 0.29) is 5.91 Å². The third-order valence-corrected chi connectivity index (χ3v) is 9.31. The summed E-state index contributed by atoms with van der Waals surface area (Å²) in [5, 5.41) is 1.06. The molecule has 1 saturated heterocycles. The number of aryl methyl sites for hydroxylation is 1. The van der Waals surface area contributed by atoms with Crippen LogP contribution in [0.1, 0.15) is 42.7 Å². The molecule has 0 bridgehead atoms. The highest BCUT2D eigenvalue weighted by Gasteiger charge is 2.29. The average Bonchev–Trinajstić information content (AvgIpc) is 3.43. The highest BCUT2D eigenvalue weighted by Crippen LogP contribution is 2.32. The van der Waals surface area contributed by atoms with Crippen LogP contribution in [-0.4, -0.2) is 43.2 Å². The van der Waals surface area contributed by atoms with Crippen LogP contribution in [0.4, 0.5) is 5.69 Å². The highest BCUT2D eigenvalue weighted by atomic mass is 32.2. The number of fused-ring (bicyclic) bond motifs is 2. The second-order valence-corrected chi connectivity index (χ2v) is 11.5. The first-order valence-electron chi connectivity index (χ1n) is 11.3. The largest absolute Gasteiger partial charge is 0.312 e. The summed E-state index contributed by atoms with van der Waals surface area (Å²) in [7, 11) is -3.45. The predicted octanol–water partition coefficient (Wildman–Crippen LogP) is 4.38. The van der Waals surface area contributed by atoms with Crippen LogP contribution in [-0.2, 0) is 27.7 Å². The number of rotatable bonds is 6. The summed E-state index contributed by atoms with van der Waals surface area (Å²) in [5.74, 6) is 0.0940. The van der Waals surface area contributed by atoms with Gasteiger partial charge in [0, 0.05) is 31.7 Å². The molecule has 0 saturated carbocycles. The van der Waals surface area contributed by atoms with Crippen LogP contribution < -0.4 is 4.90 Å². The minimum Gasteiger partial charge on any atom is -0.312 e. The molecule has 8 heteroatoms. The van der Waals surface area contributed by atoms with E-state index >= 15 is 0 Å². The van der Waals surface area contributed by atoms with Crippen LogP contribution in [0.25, 0.3) is 10.2 Å². The molecule has 0 unspecified atom stereocenters. The Morgan fingerprint density at radius 2 is 1.84 bits per heavy atom. The van der Waals surface area contributed by atoms with Crippen molar-refractivity contribution in [3.8, 4) is 0 Å². The molecule has 0 radical (unpaired) electrons. The Balaban J connectivity index is 1.23. The van der Waals surface area contributed by atoms with E-state index in [4.69, 9.17) is 0 Å². The zero-order valence-corrected chi connectivity index (χ0v) is 19.6. The molecule has 1 amide bonds. The molecule has 3 aromatic rings. The van der Waals surface area contributed by atoms with Crippen LogP contribution in [0, 0.1) is 0 Å². The van der Waals surface area contributed by atoms with Crippen molar-refractivity contribution >= 4 is 43.2 Å². The van der Waals surface area contributed by atoms with Crippen LogP contribution in [0.5, 0.6) is 0 Å². The van der Waals surface area contributed by atoms with Gasteiger partial charge >= 0.3 is 0 Å². The summed E-state index contributed by atoms with van der Waals surface area (Å²) in [6, 6.07) is 13.3. The molecule has 1 aromatic heterocycles. The number of thiazole rings is 1. The lowest BCUT2D eigenvalue weighted by Crippen LogP contribution is -2.35. The van der Waals surface area contributed by atoms with Gasteiger partial charge in [-0.05, 0) is 68.0 Å². The normalized spacial score (nSPS) is 17.1. The van der Waals surface area contributed by atoms with Gasteiger partial charge in [0.25, 0.3) is 0 Å². The Kier molecular flexibility index (Phi) is 6.01. The summed E-state index contributed by atoms with van der Waals surface area (Å²) in [6.07, 6.45) is 5.63. The number of carbonyl (C=O) groups is 1. The van der Waals surface area contributed by atoms with Crippen LogP contribution in [0.15, 0.2) is 47.4 Å². The Morgan fingerprint density at radius 1 is 1.03 bits per heavy atom. The first-order valence-corrected chi connectivity index (χ1v) is 13.6. The van der Waals surface area contributed by atoms with Gasteiger partial charge in [-0.1, -0.05) is 18.6 Å². The van der Waals surface area contributed by atoms with E-state index in [2.05, 4.69) is 11.1 Å². The van der Waals surface area contributed by atoms with Crippen molar-refractivity contribution in [1.29, 1.82) is 0 Å². The molecule has 0 spiro atoms. The third-order valence-electron chi connectivity index (χ3n) is 6.32. The van der Waals surface area contributed by atoms with Gasteiger partial charge in [-0.25, -0.2) is 13.4 Å². The first-order chi connectivity index (χ1) is 15.5. The maximum Gasteiger partial charge on any atom is 0.243 e. The topological polar surface area (TPSA) is 70.6 Å². The van der Waals surface area contributed by atoms with E-state index in [1.165, 1.54) is 4.70 Å². The van der Waals surface area contributed by atoms with Crippen molar-refractivity contribution in [2.45, 2.75) is 49.8 Å². The lowest BCUT2D eigenvalue weighted by molar-refractivity contribution is -0.118. The van der Waals surface area contributed by atoms with E-state index in [9.17, 15) is 13.2 Å². The molecule has 6 nitrogen and oxygen atoms in total. The number of nitrogens with zero attached hydrogens (tertiary/aromatic N) is 3. The van der Waals surface area contributed by atoms with Crippen LogP contribution in [0.2, 0.25) is 0 Å². The van der Waals surface area contributed by atoms with Crippen molar-refractivity contribution < 1.29 is 13.2 Å². The molecule has 0 N–H and O–H groups in total. The Hall–Kier alpha value is -2.29. The van der Waals surface area contributed by atoms with E-state index in [1.807, 2.05) is 29.2 Å². The van der Waals surface area contributed by atoms with E-state index in [1.54, 1.807) is 27.8 Å². The minimum atomic E-state index is -3.45. The summed E-state index contributed by atoms with van der Waals surface area (Å²) in [4.78, 5) is 19.7. The molecule has 32 heavy (non-hydrogen) atoms. The summed E-state index contributed by atoms with van der Waals surface area (Å²) >= 11 is 1.69. The van der Waals surface area contributed by atoms with Crippen molar-refractivity contribution in [3.05, 3.63) is 53.0 Å². The Bertz CT molecular complexity index is 1210. The monoisotopic (exact) mass is 469 g/mol. The molecular formula is C24H27N3O3S2. The first kappa shape index (κ1) is 21.6. The SMILES string of the molecule is O=C(CCCc1nc2ccccc2s1)N1CCc2cc(S(=O)(=O)N3CCCCC3)ccc21. The molecule has 0 atom stereocenters. The second-order valence-electron chi connectivity index (χ2n) is 8.48. The fourth-order valence-corrected chi connectivity index (χ4v) is 7.18. The van der Waals surface area contributed by atoms with Crippen molar-refractivity contribution in [2.24, 2.45) is 0 Å². The molecule has 1 fully saturated rings. The summed E-state index contributed by atoms with van der Waals surface area (Å²) < 4.78 is 28.7. The van der Waals surface area contributed by atoms with Gasteiger partial charge in [0.2, 0.25) is 15.9 Å². The van der Waals surface area contributed by atoms with Gasteiger partial charge in [-0.2, -0.15) is 4.31 Å². The number of anilines is 1. The number of piperidine rings is 1. The number of benzene rings is 2. The molecule has 5 rings (SSSR count). The highest BCUT2D eigenvalue weighted by molar-refractivity contribution is 7.89. The molecule has 2 aliphatic rings. The molecule has 0 aliphatic carbocycles. The number of aromatic nitrogens is 1. The Labute approximate surface area is 192 Å². The summed E-state index contributed by atoms with van der Waals surface area (Å²) in [6.45, 7) is 1.81. The van der Waals surface area contributed by atoms with Gasteiger partial charge in [0.05, 0.1) is 20.1 Å². The smallest absolute Gasteiger partial charge is 0.243 e. The third kappa shape index (κ3) is 4.19. The molecular weight excluding hydrogens is 442 g/mol. The fraction of sp³-hybridized carbons (Fsp3) is 0.417. The van der Waals surface area contributed by atoms with E-state index < -0.39 is 10.0 Å². The second kappa shape index (κ2) is 8.92. The van der Waals surface area contributed by atoms with Crippen LogP contribution >= 0.6 is 11.3 Å². The summed E-state index contributed by atoms with van der Waals surface area (Å²) in [5.41, 5.74) is 2.82. The quantitative estimate of drug-likeness (QED) is 0.537. The van der Waals surface area contributed by atoms with Gasteiger partial charge in [-0.15, -0.1) is 11.3 Å². The standard InChI is InChI=1S/C24H27N3O3S2/c28-24(10-6-9-23-25-20-7-2-3-8-22(20)31-23)27-16-13-18-17-19(11-12-21(18)27)32(29,30)26-14-4-1-5-15-26/h2-3,7-8,11-12,17H,1,4-6,9-10,13-16H2. The number of carbonyl (C=O) groups excluding carboxylic acids is 1. The Morgan fingerprint density at radius 3 is 2.66 bits per heavy atom. The lowest BCUT2D eigenvalue weighted by Gasteiger charge is -2.26. The number of sulfonamides is 1. The predicted molar refractivity (Wildman–Crippen MR) is 128 cm³/mol. The van der Waals surface area contributed by atoms with E-state index in [0.717, 1.165) is 53.9 Å². The molecule has 2 aliphatic heterocycles. The lowest BCUT2D eigenvalue weighted by atomic mass is 10.1. The van der Waals surface area contributed by atoms with Crippen molar-refractivity contribution in [2.75, 3.05) is 24.5 Å². The zero-order chi connectivity index (χ0) is 22.1. The van der Waals surface area contributed by atoms with Gasteiger partial charge in [0.1, 0.15) is 0 Å². The zero-order valence-electron chi connectivity index (χ0n) is 18.0. The van der Waals surface area contributed by atoms with Gasteiger partial charge < -0.3 is 4.90 Å². The molecule has 3 heterocycles. The minimum absolute atomic E-state index is 0.0940. The number of amides is 1. The van der Waals surface area contributed by atoms with Gasteiger partial charge in [0.15, 0.2) is 0 Å².